The third kappa shape index (κ3) is 3.24. The van der Waals surface area contributed by atoms with Gasteiger partial charge in [0.25, 0.3) is 0 Å². The van der Waals surface area contributed by atoms with Crippen molar-refractivity contribution in [3.63, 3.8) is 0 Å². The molecule has 2 atom stereocenters. The average Bonchev–Trinajstić information content (AvgIpc) is 3.40. The Morgan fingerprint density at radius 3 is 2.88 bits per heavy atom. The quantitative estimate of drug-likeness (QED) is 0.503. The van der Waals surface area contributed by atoms with Crippen LogP contribution in [-0.4, -0.2) is 85.8 Å². The maximum absolute atomic E-state index is 14.9. The van der Waals surface area contributed by atoms with Gasteiger partial charge in [-0.05, 0) is 30.2 Å². The van der Waals surface area contributed by atoms with E-state index in [1.165, 1.54) is 6.33 Å². The van der Waals surface area contributed by atoms with E-state index < -0.39 is 6.17 Å². The van der Waals surface area contributed by atoms with Gasteiger partial charge in [0.15, 0.2) is 5.65 Å². The van der Waals surface area contributed by atoms with Crippen molar-refractivity contribution in [2.75, 3.05) is 38.7 Å². The van der Waals surface area contributed by atoms with Crippen molar-refractivity contribution in [1.82, 2.24) is 34.1 Å². The van der Waals surface area contributed by atoms with Crippen LogP contribution in [-0.2, 0) is 4.74 Å². The number of methoxy groups -OCH3 is 1. The number of aromatic nitrogens is 6. The van der Waals surface area contributed by atoms with Gasteiger partial charge in [-0.25, -0.2) is 18.4 Å². The minimum atomic E-state index is -1.01. The number of hydrogen-bond donors (Lipinski definition) is 1. The Morgan fingerprint density at radius 1 is 1.22 bits per heavy atom. The smallest absolute Gasteiger partial charge is 0.244 e. The number of likely N-dealkylation sites (tertiary alicyclic amines) is 1. The van der Waals surface area contributed by atoms with Crippen LogP contribution in [0.2, 0.25) is 0 Å². The van der Waals surface area contributed by atoms with Gasteiger partial charge in [0, 0.05) is 31.0 Å². The summed E-state index contributed by atoms with van der Waals surface area (Å²) in [6.45, 7) is 2.61. The molecule has 0 unspecified atom stereocenters. The topological polar surface area (TPSA) is 94.1 Å². The number of nitrogens with one attached hydrogen (secondary N) is 1. The molecule has 32 heavy (non-hydrogen) atoms. The molecule has 0 spiro atoms. The van der Waals surface area contributed by atoms with Crippen LogP contribution in [0.4, 0.5) is 10.3 Å². The van der Waals surface area contributed by atoms with Crippen molar-refractivity contribution >= 4 is 17.1 Å². The minimum absolute atomic E-state index is 0.345. The summed E-state index contributed by atoms with van der Waals surface area (Å²) in [5, 5.41) is 11.9. The number of pyridine rings is 1. The largest absolute Gasteiger partial charge is 0.479 e. The number of rotatable bonds is 5. The number of halogens is 1. The Morgan fingerprint density at radius 2 is 2.09 bits per heavy atom. The first kappa shape index (κ1) is 19.4. The lowest BCUT2D eigenvalue weighted by Gasteiger charge is -2.42. The zero-order valence-corrected chi connectivity index (χ0v) is 17.6. The molecule has 6 heterocycles. The SMILES string of the molecule is COc1nc(N[C@@H]2CCN(C3COC3)C[C@H]2F)nn2ccc(-c3ccn4ncnc4c3)c12. The van der Waals surface area contributed by atoms with Crippen molar-refractivity contribution in [3.05, 3.63) is 36.9 Å². The lowest BCUT2D eigenvalue weighted by Crippen LogP contribution is -2.57. The van der Waals surface area contributed by atoms with Crippen LogP contribution < -0.4 is 10.1 Å². The number of fused-ring (bicyclic) bond motifs is 2. The second kappa shape index (κ2) is 7.68. The molecule has 0 radical (unpaired) electrons. The zero-order chi connectivity index (χ0) is 21.7. The number of piperidine rings is 1. The van der Waals surface area contributed by atoms with Crippen molar-refractivity contribution in [2.45, 2.75) is 24.7 Å². The molecular formula is C21H23FN8O2. The van der Waals surface area contributed by atoms with Crippen LogP contribution in [0.1, 0.15) is 6.42 Å². The van der Waals surface area contributed by atoms with E-state index in [0.29, 0.717) is 44.0 Å². The fourth-order valence-electron chi connectivity index (χ4n) is 4.43. The van der Waals surface area contributed by atoms with Crippen LogP contribution in [0.3, 0.4) is 0 Å². The van der Waals surface area contributed by atoms with Gasteiger partial charge in [0.05, 0.1) is 32.4 Å². The molecule has 2 saturated heterocycles. The van der Waals surface area contributed by atoms with E-state index in [2.05, 4.69) is 30.4 Å². The number of hydrogen-bond acceptors (Lipinski definition) is 8. The summed E-state index contributed by atoms with van der Waals surface area (Å²) in [5.41, 5.74) is 3.34. The van der Waals surface area contributed by atoms with E-state index in [-0.39, 0.29) is 6.04 Å². The zero-order valence-electron chi connectivity index (χ0n) is 17.6. The first-order valence-corrected chi connectivity index (χ1v) is 10.6. The van der Waals surface area contributed by atoms with Crippen LogP contribution in [0.5, 0.6) is 5.88 Å². The Balaban J connectivity index is 1.28. The summed E-state index contributed by atoms with van der Waals surface area (Å²) in [7, 11) is 1.57. The van der Waals surface area contributed by atoms with Crippen molar-refractivity contribution < 1.29 is 13.9 Å². The third-order valence-corrected chi connectivity index (χ3v) is 6.29. The Hall–Kier alpha value is -3.31. The number of anilines is 1. The molecule has 6 rings (SSSR count). The summed E-state index contributed by atoms with van der Waals surface area (Å²) >= 11 is 0. The second-order valence-corrected chi connectivity index (χ2v) is 8.19. The minimum Gasteiger partial charge on any atom is -0.479 e. The summed E-state index contributed by atoms with van der Waals surface area (Å²) in [6.07, 6.45) is 4.89. The molecule has 1 N–H and O–H groups in total. The molecule has 2 fully saturated rings. The highest BCUT2D eigenvalue weighted by atomic mass is 19.1. The standard InChI is InChI=1S/C21H23FN8O2/c1-31-20-19-15(13-2-6-29-18(8-13)23-12-24-29)3-7-30(19)27-21(26-20)25-17-4-5-28(9-16(17)22)14-10-32-11-14/h2-3,6-8,12,14,16-17H,4-5,9-11H2,1H3,(H,25,27)/t16-,17-/m1/s1. The summed E-state index contributed by atoms with van der Waals surface area (Å²) < 4.78 is 29.1. The van der Waals surface area contributed by atoms with E-state index in [0.717, 1.165) is 28.8 Å². The molecule has 0 aliphatic carbocycles. The van der Waals surface area contributed by atoms with E-state index in [1.54, 1.807) is 16.1 Å². The lowest BCUT2D eigenvalue weighted by atomic mass is 10.0. The summed E-state index contributed by atoms with van der Waals surface area (Å²) in [6, 6.07) is 5.85. The Kier molecular flexibility index (Phi) is 4.65. The van der Waals surface area contributed by atoms with Gasteiger partial charge >= 0.3 is 0 Å². The van der Waals surface area contributed by atoms with Gasteiger partial charge in [0.1, 0.15) is 18.0 Å². The van der Waals surface area contributed by atoms with Crippen molar-refractivity contribution in [1.29, 1.82) is 0 Å². The van der Waals surface area contributed by atoms with Crippen molar-refractivity contribution in [2.24, 2.45) is 0 Å². The lowest BCUT2D eigenvalue weighted by molar-refractivity contribution is -0.0794. The molecule has 4 aromatic rings. The van der Waals surface area contributed by atoms with Crippen LogP contribution in [0.15, 0.2) is 36.9 Å². The van der Waals surface area contributed by atoms with Gasteiger partial charge in [0.2, 0.25) is 11.8 Å². The van der Waals surface area contributed by atoms with Gasteiger partial charge in [-0.3, -0.25) is 4.90 Å². The molecular weight excluding hydrogens is 415 g/mol. The number of alkyl halides is 1. The summed E-state index contributed by atoms with van der Waals surface area (Å²) in [5.74, 6) is 0.765. The molecule has 166 valence electrons. The Bertz CT molecular complexity index is 1270. The monoisotopic (exact) mass is 438 g/mol. The Labute approximate surface area is 183 Å². The number of ether oxygens (including phenoxy) is 2. The first-order valence-electron chi connectivity index (χ1n) is 10.6. The van der Waals surface area contributed by atoms with E-state index in [9.17, 15) is 4.39 Å². The molecule has 0 aromatic carbocycles. The predicted octanol–water partition coefficient (Wildman–Crippen LogP) is 1.67. The second-order valence-electron chi connectivity index (χ2n) is 8.19. The normalized spacial score (nSPS) is 22.3. The predicted molar refractivity (Wildman–Crippen MR) is 115 cm³/mol. The van der Waals surface area contributed by atoms with E-state index >= 15 is 0 Å². The van der Waals surface area contributed by atoms with Gasteiger partial charge in [-0.2, -0.15) is 10.1 Å². The van der Waals surface area contributed by atoms with Crippen LogP contribution >= 0.6 is 0 Å². The molecule has 4 aromatic heterocycles. The average molecular weight is 438 g/mol. The van der Waals surface area contributed by atoms with E-state index in [4.69, 9.17) is 9.47 Å². The van der Waals surface area contributed by atoms with Crippen molar-refractivity contribution in [3.8, 4) is 17.0 Å². The van der Waals surface area contributed by atoms with Crippen LogP contribution in [0, 0.1) is 0 Å². The van der Waals surface area contributed by atoms with Gasteiger partial charge < -0.3 is 14.8 Å². The molecule has 2 aliphatic rings. The highest BCUT2D eigenvalue weighted by Crippen LogP contribution is 2.32. The van der Waals surface area contributed by atoms with E-state index in [1.807, 2.05) is 30.6 Å². The van der Waals surface area contributed by atoms with Gasteiger partial charge in [-0.1, -0.05) is 0 Å². The fraction of sp³-hybridized carbons (Fsp3) is 0.429. The molecule has 10 nitrogen and oxygen atoms in total. The van der Waals surface area contributed by atoms with Gasteiger partial charge in [-0.15, -0.1) is 5.10 Å². The number of nitrogens with zero attached hydrogens (tertiary/aromatic N) is 7. The molecule has 2 aliphatic heterocycles. The molecule has 0 bridgehead atoms. The highest BCUT2D eigenvalue weighted by Gasteiger charge is 2.35. The fourth-order valence-corrected chi connectivity index (χ4v) is 4.43. The maximum atomic E-state index is 14.9. The molecule has 0 amide bonds. The molecule has 11 heteroatoms. The van der Waals surface area contributed by atoms with Crippen LogP contribution in [0.25, 0.3) is 22.3 Å². The highest BCUT2D eigenvalue weighted by molar-refractivity contribution is 5.85. The third-order valence-electron chi connectivity index (χ3n) is 6.29. The molecule has 0 saturated carbocycles. The summed E-state index contributed by atoms with van der Waals surface area (Å²) in [4.78, 5) is 11.0. The first-order chi connectivity index (χ1) is 15.7. The maximum Gasteiger partial charge on any atom is 0.244 e.